The van der Waals surface area contributed by atoms with Crippen LogP contribution in [-0.4, -0.2) is 55.5 Å². The van der Waals surface area contributed by atoms with E-state index in [-0.39, 0.29) is 11.9 Å². The van der Waals surface area contributed by atoms with Gasteiger partial charge in [-0.15, -0.1) is 11.3 Å². The minimum atomic E-state index is -0.753. The van der Waals surface area contributed by atoms with Crippen LogP contribution in [0.4, 0.5) is 11.4 Å². The first-order chi connectivity index (χ1) is 14.0. The molecule has 1 atom stereocenters. The molecule has 3 rings (SSSR count). The van der Waals surface area contributed by atoms with E-state index in [0.717, 1.165) is 18.0 Å². The lowest BCUT2D eigenvalue weighted by atomic mass is 10.2. The summed E-state index contributed by atoms with van der Waals surface area (Å²) in [7, 11) is 0. The fourth-order valence-electron chi connectivity index (χ4n) is 3.12. The van der Waals surface area contributed by atoms with Gasteiger partial charge >= 0.3 is 11.8 Å². The minimum Gasteiger partial charge on any atom is -0.379 e. The van der Waals surface area contributed by atoms with E-state index >= 15 is 0 Å². The van der Waals surface area contributed by atoms with Crippen LogP contribution in [0.5, 0.6) is 0 Å². The van der Waals surface area contributed by atoms with Crippen molar-refractivity contribution in [2.75, 3.05) is 43.5 Å². The molecule has 2 aromatic rings. The molecule has 1 saturated heterocycles. The zero-order valence-electron chi connectivity index (χ0n) is 16.1. The van der Waals surface area contributed by atoms with E-state index in [9.17, 15) is 14.4 Å². The molecule has 154 valence electrons. The van der Waals surface area contributed by atoms with E-state index in [1.165, 1.54) is 6.92 Å². The van der Waals surface area contributed by atoms with Gasteiger partial charge in [-0.3, -0.25) is 19.3 Å². The topological polar surface area (TPSA) is 99.8 Å². The molecule has 8 nitrogen and oxygen atoms in total. The number of hydrogen-bond donors (Lipinski definition) is 3. The maximum Gasteiger partial charge on any atom is 0.313 e. The van der Waals surface area contributed by atoms with Gasteiger partial charge in [0.05, 0.1) is 19.3 Å². The van der Waals surface area contributed by atoms with Gasteiger partial charge in [0.1, 0.15) is 0 Å². The Bertz CT molecular complexity index is 850. The van der Waals surface area contributed by atoms with Crippen molar-refractivity contribution in [3.63, 3.8) is 0 Å². The molecule has 0 bridgehead atoms. The fourth-order valence-corrected chi connectivity index (χ4v) is 3.98. The summed E-state index contributed by atoms with van der Waals surface area (Å²) in [5.74, 6) is -1.67. The Labute approximate surface area is 173 Å². The third-order valence-corrected chi connectivity index (χ3v) is 5.43. The first-order valence-electron chi connectivity index (χ1n) is 9.35. The summed E-state index contributed by atoms with van der Waals surface area (Å²) >= 11 is 1.62. The molecule has 1 fully saturated rings. The molecule has 9 heteroatoms. The highest BCUT2D eigenvalue weighted by atomic mass is 32.1. The second-order valence-corrected chi connectivity index (χ2v) is 7.58. The summed E-state index contributed by atoms with van der Waals surface area (Å²) in [6.07, 6.45) is 0. The summed E-state index contributed by atoms with van der Waals surface area (Å²) in [4.78, 5) is 39.2. The fraction of sp³-hybridized carbons (Fsp3) is 0.350. The number of anilines is 2. The van der Waals surface area contributed by atoms with Crippen LogP contribution in [0.2, 0.25) is 0 Å². The largest absolute Gasteiger partial charge is 0.379 e. The molecule has 3 amide bonds. The van der Waals surface area contributed by atoms with E-state index in [4.69, 9.17) is 4.74 Å². The number of hydrogen-bond acceptors (Lipinski definition) is 6. The van der Waals surface area contributed by atoms with Crippen LogP contribution in [0, 0.1) is 0 Å². The average molecular weight is 417 g/mol. The van der Waals surface area contributed by atoms with Crippen LogP contribution in [0.15, 0.2) is 41.8 Å². The molecule has 0 spiro atoms. The molecule has 29 heavy (non-hydrogen) atoms. The van der Waals surface area contributed by atoms with E-state index in [2.05, 4.69) is 20.9 Å². The number of carbonyl (C=O) groups is 3. The number of amides is 3. The predicted octanol–water partition coefficient (Wildman–Crippen LogP) is 1.83. The van der Waals surface area contributed by atoms with Gasteiger partial charge in [-0.25, -0.2) is 0 Å². The molecule has 1 aromatic carbocycles. The van der Waals surface area contributed by atoms with Crippen molar-refractivity contribution in [1.82, 2.24) is 10.2 Å². The highest BCUT2D eigenvalue weighted by Gasteiger charge is 2.25. The number of benzene rings is 1. The summed E-state index contributed by atoms with van der Waals surface area (Å²) in [6.45, 7) is 4.60. The lowest BCUT2D eigenvalue weighted by Gasteiger charge is -2.34. The maximum atomic E-state index is 12.3. The summed E-state index contributed by atoms with van der Waals surface area (Å²) in [6, 6.07) is 10.6. The number of morpholine rings is 1. The van der Waals surface area contributed by atoms with Crippen molar-refractivity contribution in [2.45, 2.75) is 13.0 Å². The van der Waals surface area contributed by atoms with Crippen molar-refractivity contribution < 1.29 is 19.1 Å². The maximum absolute atomic E-state index is 12.3. The quantitative estimate of drug-likeness (QED) is 0.624. The number of thiophene rings is 1. The third kappa shape index (κ3) is 6.11. The monoisotopic (exact) mass is 416 g/mol. The van der Waals surface area contributed by atoms with Crippen molar-refractivity contribution in [3.05, 3.63) is 46.7 Å². The molecule has 1 aromatic heterocycles. The van der Waals surface area contributed by atoms with Gasteiger partial charge in [-0.2, -0.15) is 0 Å². The zero-order chi connectivity index (χ0) is 20.6. The van der Waals surface area contributed by atoms with Crippen molar-refractivity contribution in [1.29, 1.82) is 0 Å². The van der Waals surface area contributed by atoms with Crippen LogP contribution in [0.1, 0.15) is 17.8 Å². The van der Waals surface area contributed by atoms with Gasteiger partial charge in [-0.05, 0) is 29.6 Å². The molecule has 0 saturated carbocycles. The Morgan fingerprint density at radius 3 is 2.45 bits per heavy atom. The number of nitrogens with one attached hydrogen (secondary N) is 3. The number of nitrogens with zero attached hydrogens (tertiary/aromatic N) is 1. The Balaban J connectivity index is 1.58. The smallest absolute Gasteiger partial charge is 0.313 e. The van der Waals surface area contributed by atoms with Crippen LogP contribution in [0.25, 0.3) is 0 Å². The molecular formula is C20H24N4O4S. The van der Waals surface area contributed by atoms with Gasteiger partial charge in [0.15, 0.2) is 0 Å². The Kier molecular flexibility index (Phi) is 7.34. The molecule has 0 aliphatic carbocycles. The van der Waals surface area contributed by atoms with Gasteiger partial charge < -0.3 is 20.7 Å². The Morgan fingerprint density at radius 2 is 1.79 bits per heavy atom. The lowest BCUT2D eigenvalue weighted by molar-refractivity contribution is -0.136. The third-order valence-electron chi connectivity index (χ3n) is 4.46. The molecule has 0 radical (unpaired) electrons. The van der Waals surface area contributed by atoms with Crippen LogP contribution in [0.3, 0.4) is 0 Å². The Hall–Kier alpha value is -2.75. The molecule has 3 N–H and O–H groups in total. The highest BCUT2D eigenvalue weighted by Crippen LogP contribution is 2.25. The number of carbonyl (C=O) groups excluding carboxylic acids is 3. The van der Waals surface area contributed by atoms with Gasteiger partial charge in [0.2, 0.25) is 5.91 Å². The lowest BCUT2D eigenvalue weighted by Crippen LogP contribution is -2.45. The molecule has 0 unspecified atom stereocenters. The van der Waals surface area contributed by atoms with E-state index in [1.807, 2.05) is 17.5 Å². The van der Waals surface area contributed by atoms with Gasteiger partial charge in [0.25, 0.3) is 0 Å². The van der Waals surface area contributed by atoms with Crippen molar-refractivity contribution in [2.24, 2.45) is 0 Å². The first-order valence-corrected chi connectivity index (χ1v) is 10.2. The van der Waals surface area contributed by atoms with Crippen molar-refractivity contribution in [3.8, 4) is 0 Å². The van der Waals surface area contributed by atoms with E-state index < -0.39 is 11.8 Å². The average Bonchev–Trinajstić information content (AvgIpc) is 3.23. The number of rotatable bonds is 6. The van der Waals surface area contributed by atoms with Crippen molar-refractivity contribution >= 4 is 40.4 Å². The van der Waals surface area contributed by atoms with Gasteiger partial charge in [0, 0.05) is 42.8 Å². The molecule has 1 aliphatic rings. The summed E-state index contributed by atoms with van der Waals surface area (Å²) in [5, 5.41) is 9.93. The van der Waals surface area contributed by atoms with Crippen LogP contribution >= 0.6 is 11.3 Å². The number of ether oxygens (including phenoxy) is 1. The molecular weight excluding hydrogens is 392 g/mol. The summed E-state index contributed by atoms with van der Waals surface area (Å²) in [5.41, 5.74) is 0.972. The van der Waals surface area contributed by atoms with E-state index in [0.29, 0.717) is 31.1 Å². The predicted molar refractivity (Wildman–Crippen MR) is 112 cm³/mol. The molecule has 1 aliphatic heterocycles. The van der Waals surface area contributed by atoms with Crippen LogP contribution < -0.4 is 16.0 Å². The molecule has 2 heterocycles. The highest BCUT2D eigenvalue weighted by molar-refractivity contribution is 7.10. The summed E-state index contributed by atoms with van der Waals surface area (Å²) < 4.78 is 5.42. The second-order valence-electron chi connectivity index (χ2n) is 6.61. The van der Waals surface area contributed by atoms with E-state index in [1.54, 1.807) is 35.6 Å². The standard InChI is InChI=1S/C20H24N4O4S/c1-14(25)22-15-4-2-5-16(12-15)23-20(27)19(26)21-13-17(18-6-3-11-29-18)24-7-9-28-10-8-24/h2-6,11-12,17H,7-10,13H2,1H3,(H,21,26)(H,22,25)(H,23,27)/t17-/m1/s1. The van der Waals surface area contributed by atoms with Crippen LogP contribution in [-0.2, 0) is 19.1 Å². The minimum absolute atomic E-state index is 0.00116. The normalized spacial score (nSPS) is 15.3. The SMILES string of the molecule is CC(=O)Nc1cccc(NC(=O)C(=O)NC[C@H](c2cccs2)N2CCOCC2)c1. The van der Waals surface area contributed by atoms with Gasteiger partial charge in [-0.1, -0.05) is 12.1 Å². The first kappa shape index (κ1) is 21.0. The zero-order valence-corrected chi connectivity index (χ0v) is 17.0. The Morgan fingerprint density at radius 1 is 1.07 bits per heavy atom. The second kappa shape index (κ2) is 10.1.